The normalized spacial score (nSPS) is 19.0. The molecule has 134 valence electrons. The van der Waals surface area contributed by atoms with Crippen molar-refractivity contribution in [3.8, 4) is 0 Å². The highest BCUT2D eigenvalue weighted by molar-refractivity contribution is 8.00. The molecule has 1 aromatic rings. The van der Waals surface area contributed by atoms with E-state index in [0.717, 1.165) is 44.2 Å². The zero-order valence-electron chi connectivity index (χ0n) is 14.8. The maximum Gasteiger partial charge on any atom is 0.233 e. The lowest BCUT2D eigenvalue weighted by Gasteiger charge is -2.34. The van der Waals surface area contributed by atoms with E-state index >= 15 is 0 Å². The highest BCUT2D eigenvalue weighted by Gasteiger charge is 2.18. The van der Waals surface area contributed by atoms with Crippen LogP contribution in [0, 0.1) is 5.92 Å². The van der Waals surface area contributed by atoms with Crippen LogP contribution in [0.25, 0.3) is 0 Å². The minimum absolute atomic E-state index is 0.0974. The summed E-state index contributed by atoms with van der Waals surface area (Å²) >= 11 is 7.45. The van der Waals surface area contributed by atoms with E-state index in [0.29, 0.717) is 10.9 Å². The van der Waals surface area contributed by atoms with Crippen LogP contribution in [0.5, 0.6) is 0 Å². The van der Waals surface area contributed by atoms with Crippen LogP contribution in [0.4, 0.5) is 0 Å². The Kier molecular flexibility index (Phi) is 7.88. The molecular formula is C18H28ClN3OS. The highest BCUT2D eigenvalue weighted by Crippen LogP contribution is 2.24. The predicted molar refractivity (Wildman–Crippen MR) is 103 cm³/mol. The number of carbonyl (C=O) groups excluding carboxylic acids is 1. The zero-order valence-corrected chi connectivity index (χ0v) is 16.4. The Balaban J connectivity index is 1.68. The summed E-state index contributed by atoms with van der Waals surface area (Å²) in [4.78, 5) is 18.2. The smallest absolute Gasteiger partial charge is 0.233 e. The topological polar surface area (TPSA) is 35.6 Å². The summed E-state index contributed by atoms with van der Waals surface area (Å²) in [5, 5.41) is 3.70. The van der Waals surface area contributed by atoms with Gasteiger partial charge < -0.3 is 15.1 Å². The number of halogens is 1. The number of thioether (sulfide) groups is 1. The molecule has 1 aliphatic rings. The molecule has 1 N–H and O–H groups in total. The standard InChI is InChI=1S/C18H28ClN3OS/c1-14(13-22-10-8-21(3)9-11-22)12-20-18(23)15(2)24-17-6-4-16(19)5-7-17/h4-7,14-15H,8-13H2,1-3H3,(H,20,23). The Morgan fingerprint density at radius 1 is 1.21 bits per heavy atom. The summed E-state index contributed by atoms with van der Waals surface area (Å²) in [6.45, 7) is 10.4. The van der Waals surface area contributed by atoms with E-state index in [2.05, 4.69) is 29.1 Å². The first kappa shape index (κ1) is 19.6. The quantitative estimate of drug-likeness (QED) is 0.750. The van der Waals surface area contributed by atoms with Gasteiger partial charge in [0.15, 0.2) is 0 Å². The number of benzene rings is 1. The van der Waals surface area contributed by atoms with Gasteiger partial charge in [-0.2, -0.15) is 0 Å². The molecule has 0 bridgehead atoms. The first-order valence-electron chi connectivity index (χ1n) is 8.55. The second kappa shape index (κ2) is 9.66. The molecule has 24 heavy (non-hydrogen) atoms. The van der Waals surface area contributed by atoms with E-state index in [9.17, 15) is 4.79 Å². The van der Waals surface area contributed by atoms with Gasteiger partial charge in [0.25, 0.3) is 0 Å². The number of hydrogen-bond acceptors (Lipinski definition) is 4. The molecule has 4 nitrogen and oxygen atoms in total. The molecule has 2 unspecified atom stereocenters. The Morgan fingerprint density at radius 2 is 1.83 bits per heavy atom. The summed E-state index contributed by atoms with van der Waals surface area (Å²) in [6.07, 6.45) is 0. The lowest BCUT2D eigenvalue weighted by Crippen LogP contribution is -2.47. The van der Waals surface area contributed by atoms with E-state index < -0.39 is 0 Å². The van der Waals surface area contributed by atoms with Crippen molar-refractivity contribution in [2.45, 2.75) is 24.0 Å². The van der Waals surface area contributed by atoms with E-state index in [1.807, 2.05) is 31.2 Å². The molecule has 1 fully saturated rings. The maximum atomic E-state index is 12.3. The van der Waals surface area contributed by atoms with Crippen molar-refractivity contribution in [3.05, 3.63) is 29.3 Å². The summed E-state index contributed by atoms with van der Waals surface area (Å²) in [5.41, 5.74) is 0. The Labute approximate surface area is 154 Å². The first-order valence-corrected chi connectivity index (χ1v) is 9.80. The summed E-state index contributed by atoms with van der Waals surface area (Å²) in [5.74, 6) is 0.560. The van der Waals surface area contributed by atoms with E-state index in [1.54, 1.807) is 11.8 Å². The third-order valence-electron chi connectivity index (χ3n) is 4.29. The third kappa shape index (κ3) is 6.63. The van der Waals surface area contributed by atoms with Gasteiger partial charge in [-0.1, -0.05) is 18.5 Å². The van der Waals surface area contributed by atoms with Crippen molar-refractivity contribution in [2.24, 2.45) is 5.92 Å². The van der Waals surface area contributed by atoms with Gasteiger partial charge in [0.2, 0.25) is 5.91 Å². The van der Waals surface area contributed by atoms with Gasteiger partial charge in [-0.15, -0.1) is 11.8 Å². The van der Waals surface area contributed by atoms with Gasteiger partial charge in [-0.25, -0.2) is 0 Å². The van der Waals surface area contributed by atoms with Crippen LogP contribution < -0.4 is 5.32 Å². The van der Waals surface area contributed by atoms with Gasteiger partial charge in [-0.05, 0) is 44.2 Å². The molecule has 0 saturated carbocycles. The van der Waals surface area contributed by atoms with Crippen LogP contribution in [-0.2, 0) is 4.79 Å². The molecule has 1 saturated heterocycles. The molecule has 0 spiro atoms. The SMILES string of the molecule is CC(CNC(=O)C(C)Sc1ccc(Cl)cc1)CN1CCN(C)CC1. The second-order valence-corrected chi connectivity index (χ2v) is 8.52. The van der Waals surface area contributed by atoms with Crippen LogP contribution in [0.1, 0.15) is 13.8 Å². The van der Waals surface area contributed by atoms with Crippen molar-refractivity contribution >= 4 is 29.3 Å². The number of carbonyl (C=O) groups is 1. The number of likely N-dealkylation sites (N-methyl/N-ethyl adjacent to an activating group) is 1. The number of hydrogen-bond donors (Lipinski definition) is 1. The highest BCUT2D eigenvalue weighted by atomic mass is 35.5. The Hall–Kier alpha value is -0.750. The van der Waals surface area contributed by atoms with Crippen molar-refractivity contribution in [2.75, 3.05) is 46.3 Å². The van der Waals surface area contributed by atoms with Crippen LogP contribution in [0.15, 0.2) is 29.2 Å². The van der Waals surface area contributed by atoms with E-state index in [-0.39, 0.29) is 11.2 Å². The molecule has 0 radical (unpaired) electrons. The zero-order chi connectivity index (χ0) is 17.5. The van der Waals surface area contributed by atoms with Gasteiger partial charge in [0, 0.05) is 49.2 Å². The number of nitrogens with zero attached hydrogens (tertiary/aromatic N) is 2. The van der Waals surface area contributed by atoms with Crippen LogP contribution in [-0.4, -0.2) is 67.3 Å². The van der Waals surface area contributed by atoms with Crippen molar-refractivity contribution in [1.29, 1.82) is 0 Å². The van der Waals surface area contributed by atoms with Crippen molar-refractivity contribution < 1.29 is 4.79 Å². The van der Waals surface area contributed by atoms with E-state index in [4.69, 9.17) is 11.6 Å². The molecule has 6 heteroatoms. The monoisotopic (exact) mass is 369 g/mol. The minimum Gasteiger partial charge on any atom is -0.355 e. The average Bonchev–Trinajstić information content (AvgIpc) is 2.57. The van der Waals surface area contributed by atoms with Gasteiger partial charge >= 0.3 is 0 Å². The predicted octanol–water partition coefficient (Wildman–Crippen LogP) is 2.82. The molecule has 0 aliphatic carbocycles. The molecule has 1 heterocycles. The van der Waals surface area contributed by atoms with Gasteiger partial charge in [0.1, 0.15) is 0 Å². The molecule has 0 aromatic heterocycles. The third-order valence-corrected chi connectivity index (χ3v) is 5.65. The summed E-state index contributed by atoms with van der Waals surface area (Å²) in [7, 11) is 2.17. The van der Waals surface area contributed by atoms with E-state index in [1.165, 1.54) is 0 Å². The van der Waals surface area contributed by atoms with Crippen molar-refractivity contribution in [1.82, 2.24) is 15.1 Å². The van der Waals surface area contributed by atoms with Gasteiger partial charge in [-0.3, -0.25) is 4.79 Å². The minimum atomic E-state index is -0.109. The average molecular weight is 370 g/mol. The molecule has 1 amide bonds. The summed E-state index contributed by atoms with van der Waals surface area (Å²) < 4.78 is 0. The second-order valence-electron chi connectivity index (χ2n) is 6.67. The molecule has 1 aromatic carbocycles. The maximum absolute atomic E-state index is 12.3. The molecular weight excluding hydrogens is 342 g/mol. The Bertz CT molecular complexity index is 518. The van der Waals surface area contributed by atoms with Gasteiger partial charge in [0.05, 0.1) is 5.25 Å². The largest absolute Gasteiger partial charge is 0.355 e. The van der Waals surface area contributed by atoms with Crippen molar-refractivity contribution in [3.63, 3.8) is 0 Å². The van der Waals surface area contributed by atoms with Crippen LogP contribution in [0.2, 0.25) is 5.02 Å². The number of piperazine rings is 1. The lowest BCUT2D eigenvalue weighted by molar-refractivity contribution is -0.120. The number of rotatable bonds is 7. The fraction of sp³-hybridized carbons (Fsp3) is 0.611. The number of nitrogens with one attached hydrogen (secondary N) is 1. The fourth-order valence-electron chi connectivity index (χ4n) is 2.73. The number of amides is 1. The van der Waals surface area contributed by atoms with Crippen LogP contribution in [0.3, 0.4) is 0 Å². The Morgan fingerprint density at radius 3 is 2.46 bits per heavy atom. The molecule has 2 atom stereocenters. The molecule has 2 rings (SSSR count). The summed E-state index contributed by atoms with van der Waals surface area (Å²) in [6, 6.07) is 7.61. The first-order chi connectivity index (χ1) is 11.4. The van der Waals surface area contributed by atoms with Crippen LogP contribution >= 0.6 is 23.4 Å². The lowest BCUT2D eigenvalue weighted by atomic mass is 10.1. The molecule has 1 aliphatic heterocycles. The fourth-order valence-corrected chi connectivity index (χ4v) is 3.74.